The van der Waals surface area contributed by atoms with E-state index in [1.165, 1.54) is 180 Å². The number of phosphoric ester groups is 1. The number of allylic oxidation sites excluding steroid dienone is 12. The van der Waals surface area contributed by atoms with Crippen LogP contribution < -0.4 is 5.32 Å². The summed E-state index contributed by atoms with van der Waals surface area (Å²) in [5.41, 5.74) is 0. The van der Waals surface area contributed by atoms with Crippen LogP contribution in [0.2, 0.25) is 0 Å². The zero-order valence-electron chi connectivity index (χ0n) is 49.6. The fourth-order valence-corrected chi connectivity index (χ4v) is 9.85. The Morgan fingerprint density at radius 2 is 0.827 bits per heavy atom. The van der Waals surface area contributed by atoms with Crippen LogP contribution in [0.4, 0.5) is 0 Å². The van der Waals surface area contributed by atoms with E-state index in [4.69, 9.17) is 9.05 Å². The van der Waals surface area contributed by atoms with E-state index < -0.39 is 32.7 Å². The molecule has 0 aromatic rings. The molecule has 9 nitrogen and oxygen atoms in total. The van der Waals surface area contributed by atoms with E-state index in [9.17, 15) is 24.5 Å². The minimum Gasteiger partial charge on any atom is -0.390 e. The zero-order chi connectivity index (χ0) is 55.0. The lowest BCUT2D eigenvalue weighted by atomic mass is 10.0. The summed E-state index contributed by atoms with van der Waals surface area (Å²) in [5.74, 6) is -0.265. The predicted octanol–water partition coefficient (Wildman–Crippen LogP) is 18.4. The maximum absolute atomic E-state index is 13.0. The number of hydrogen-bond donors (Lipinski definition) is 4. The highest BCUT2D eigenvalue weighted by molar-refractivity contribution is 7.47. The number of hydrogen-bond acceptors (Lipinski definition) is 6. The standard InChI is InChI=1S/C65H121N2O7P/c1-6-8-10-12-14-16-18-20-21-22-23-24-25-26-27-28-29-30-31-32-33-34-35-36-37-38-39-40-41-42-43-44-45-46-48-50-52-54-56-58-64(69)66-62(61-74-75(71,72)73-60-59-67(3,4)5)65(70)63(68)57-55-53-51-49-47-19-17-15-13-11-9-7-2/h8,10,14,16,20-21,23-24,26-27,49,51,62-63,65,68,70H,6-7,9,11-13,15,17-19,22,25,28-48,50,52-61H2,1-5H3,(H-,66,69,71,72)/p+1/b10-8-,16-14-,21-20-,24-23-,27-26-,51-49+. The Morgan fingerprint density at radius 3 is 1.23 bits per heavy atom. The van der Waals surface area contributed by atoms with E-state index in [-0.39, 0.29) is 18.9 Å². The fraction of sp³-hybridized carbons (Fsp3) is 0.800. The molecule has 0 aliphatic heterocycles. The monoisotopic (exact) mass is 1070 g/mol. The van der Waals surface area contributed by atoms with E-state index in [0.717, 1.165) is 64.2 Å². The average molecular weight is 1070 g/mol. The molecule has 0 aliphatic carbocycles. The van der Waals surface area contributed by atoms with E-state index in [1.54, 1.807) is 0 Å². The molecule has 0 saturated heterocycles. The first-order chi connectivity index (χ1) is 36.4. The highest BCUT2D eigenvalue weighted by Gasteiger charge is 2.32. The van der Waals surface area contributed by atoms with Crippen LogP contribution in [-0.4, -0.2) is 84.6 Å². The molecular weight excluding hydrogens is 952 g/mol. The molecule has 0 spiro atoms. The van der Waals surface area contributed by atoms with Crippen LogP contribution in [0.1, 0.15) is 277 Å². The highest BCUT2D eigenvalue weighted by Crippen LogP contribution is 2.43. The molecule has 1 amide bonds. The topological polar surface area (TPSA) is 125 Å². The number of nitrogens with one attached hydrogen (secondary N) is 1. The number of likely N-dealkylation sites (N-methyl/N-ethyl adjacent to an activating group) is 1. The highest BCUT2D eigenvalue weighted by atomic mass is 31.2. The molecule has 4 N–H and O–H groups in total. The maximum atomic E-state index is 13.0. The first-order valence-corrected chi connectivity index (χ1v) is 32.9. The van der Waals surface area contributed by atoms with Gasteiger partial charge in [-0.05, 0) is 83.5 Å². The number of aliphatic hydroxyl groups is 2. The van der Waals surface area contributed by atoms with Crippen molar-refractivity contribution in [1.29, 1.82) is 0 Å². The van der Waals surface area contributed by atoms with Gasteiger partial charge in [0.25, 0.3) is 0 Å². The second-order valence-corrected chi connectivity index (χ2v) is 24.0. The molecule has 0 bridgehead atoms. The third kappa shape index (κ3) is 56.4. The summed E-state index contributed by atoms with van der Waals surface area (Å²) in [5, 5.41) is 24.8. The molecule has 75 heavy (non-hydrogen) atoms. The van der Waals surface area contributed by atoms with Crippen LogP contribution in [0.3, 0.4) is 0 Å². The lowest BCUT2D eigenvalue weighted by Gasteiger charge is -2.28. The Bertz CT molecular complexity index is 1470. The summed E-state index contributed by atoms with van der Waals surface area (Å²) in [6.45, 7) is 4.48. The summed E-state index contributed by atoms with van der Waals surface area (Å²) in [6.07, 6.45) is 73.1. The molecule has 0 saturated carbocycles. The number of quaternary nitrogens is 1. The zero-order valence-corrected chi connectivity index (χ0v) is 50.5. The van der Waals surface area contributed by atoms with Gasteiger partial charge in [-0.15, -0.1) is 0 Å². The summed E-state index contributed by atoms with van der Waals surface area (Å²) >= 11 is 0. The van der Waals surface area contributed by atoms with Crippen molar-refractivity contribution in [3.8, 4) is 0 Å². The first-order valence-electron chi connectivity index (χ1n) is 31.4. The largest absolute Gasteiger partial charge is 0.472 e. The van der Waals surface area contributed by atoms with Gasteiger partial charge in [0, 0.05) is 6.42 Å². The van der Waals surface area contributed by atoms with Crippen molar-refractivity contribution in [1.82, 2.24) is 5.32 Å². The molecule has 0 heterocycles. The Kier molecular flexibility index (Phi) is 53.7. The molecule has 4 atom stereocenters. The van der Waals surface area contributed by atoms with E-state index >= 15 is 0 Å². The molecular formula is C65H122N2O7P+. The second kappa shape index (κ2) is 55.2. The van der Waals surface area contributed by atoms with Crippen LogP contribution in [0, 0.1) is 0 Å². The number of amides is 1. The predicted molar refractivity (Wildman–Crippen MR) is 324 cm³/mol. The van der Waals surface area contributed by atoms with Crippen molar-refractivity contribution < 1.29 is 38.0 Å². The second-order valence-electron chi connectivity index (χ2n) is 22.5. The van der Waals surface area contributed by atoms with Gasteiger partial charge >= 0.3 is 7.82 Å². The molecule has 0 aliphatic rings. The maximum Gasteiger partial charge on any atom is 0.472 e. The minimum atomic E-state index is -4.43. The summed E-state index contributed by atoms with van der Waals surface area (Å²) in [6, 6.07) is -1.05. The van der Waals surface area contributed by atoms with Gasteiger partial charge in [-0.3, -0.25) is 13.8 Å². The van der Waals surface area contributed by atoms with Crippen molar-refractivity contribution in [2.45, 2.75) is 295 Å². The van der Waals surface area contributed by atoms with Crippen LogP contribution in [0.5, 0.6) is 0 Å². The molecule has 0 rings (SSSR count). The minimum absolute atomic E-state index is 0.0164. The summed E-state index contributed by atoms with van der Waals surface area (Å²) in [7, 11) is 1.42. The number of phosphoric acid groups is 1. The number of nitrogens with zero attached hydrogens (tertiary/aromatic N) is 1. The molecule has 0 radical (unpaired) electrons. The third-order valence-electron chi connectivity index (χ3n) is 14.0. The Labute approximate surface area is 464 Å². The van der Waals surface area contributed by atoms with Crippen molar-refractivity contribution in [3.63, 3.8) is 0 Å². The van der Waals surface area contributed by atoms with Crippen molar-refractivity contribution in [3.05, 3.63) is 72.9 Å². The molecule has 438 valence electrons. The number of rotatable bonds is 57. The van der Waals surface area contributed by atoms with E-state index in [0.29, 0.717) is 23.9 Å². The third-order valence-corrected chi connectivity index (χ3v) is 15.0. The van der Waals surface area contributed by atoms with Crippen molar-refractivity contribution in [2.24, 2.45) is 0 Å². The van der Waals surface area contributed by atoms with Crippen LogP contribution in [0.25, 0.3) is 0 Å². The Hall–Kier alpha value is -2.10. The molecule has 0 aromatic heterocycles. The van der Waals surface area contributed by atoms with Gasteiger partial charge < -0.3 is 24.9 Å². The van der Waals surface area contributed by atoms with Gasteiger partial charge in [-0.1, -0.05) is 260 Å². The smallest absolute Gasteiger partial charge is 0.390 e. The van der Waals surface area contributed by atoms with Gasteiger partial charge in [-0.2, -0.15) is 0 Å². The first kappa shape index (κ1) is 72.9. The van der Waals surface area contributed by atoms with Crippen LogP contribution in [0.15, 0.2) is 72.9 Å². The van der Waals surface area contributed by atoms with Gasteiger partial charge in [0.1, 0.15) is 19.3 Å². The molecule has 0 aromatic carbocycles. The fourth-order valence-electron chi connectivity index (χ4n) is 9.11. The average Bonchev–Trinajstić information content (AvgIpc) is 3.37. The van der Waals surface area contributed by atoms with E-state index in [2.05, 4.69) is 92.1 Å². The van der Waals surface area contributed by atoms with Gasteiger partial charge in [0.05, 0.1) is 39.9 Å². The summed E-state index contributed by atoms with van der Waals surface area (Å²) < 4.78 is 23.6. The quantitative estimate of drug-likeness (QED) is 0.0207. The van der Waals surface area contributed by atoms with Gasteiger partial charge in [0.15, 0.2) is 0 Å². The number of carbonyl (C=O) groups excluding carboxylic acids is 1. The van der Waals surface area contributed by atoms with E-state index in [1.807, 2.05) is 21.1 Å². The lowest BCUT2D eigenvalue weighted by molar-refractivity contribution is -0.870. The molecule has 4 unspecified atom stereocenters. The number of unbranched alkanes of at least 4 members (excludes halogenated alkanes) is 31. The lowest BCUT2D eigenvalue weighted by Crippen LogP contribution is -2.51. The van der Waals surface area contributed by atoms with Crippen LogP contribution in [-0.2, 0) is 18.4 Å². The SMILES string of the molecule is CC/C=C\C/C=C\C/C=C\C/C=C\C/C=C\CCCCCCCCCCCCCCCCCCCCCCCCCC(=O)NC(COP(=O)(O)OCC[N+](C)(C)C)C(O)C(O)CCC/C=C/CCCCCCCCC. The van der Waals surface area contributed by atoms with Gasteiger partial charge in [-0.25, -0.2) is 4.57 Å². The Balaban J connectivity index is 3.96. The molecule has 0 fully saturated rings. The Morgan fingerprint density at radius 1 is 0.480 bits per heavy atom. The van der Waals surface area contributed by atoms with Crippen molar-refractivity contribution in [2.75, 3.05) is 40.9 Å². The molecule has 10 heteroatoms. The van der Waals surface area contributed by atoms with Crippen molar-refractivity contribution >= 4 is 13.7 Å². The normalized spacial score (nSPS) is 14.7. The van der Waals surface area contributed by atoms with Gasteiger partial charge in [0.2, 0.25) is 5.91 Å². The number of carbonyl (C=O) groups is 1. The number of aliphatic hydroxyl groups excluding tert-OH is 2. The van der Waals surface area contributed by atoms with Crippen LogP contribution >= 0.6 is 7.82 Å². The summed E-state index contributed by atoms with van der Waals surface area (Å²) in [4.78, 5) is 23.3.